The molecule has 1 aromatic carbocycles. The van der Waals surface area contributed by atoms with Gasteiger partial charge in [-0.1, -0.05) is 54.6 Å². The Balaban J connectivity index is 1.60. The molecule has 31 heavy (non-hydrogen) atoms. The summed E-state index contributed by atoms with van der Waals surface area (Å²) in [7, 11) is 1.50. The number of nitrogens with one attached hydrogen (secondary N) is 2. The Morgan fingerprint density at radius 1 is 1.13 bits per heavy atom. The second-order valence-electron chi connectivity index (χ2n) is 7.91. The highest BCUT2D eigenvalue weighted by Gasteiger charge is 2.37. The third kappa shape index (κ3) is 3.37. The number of fused-ring (bicyclic) bond motifs is 3. The van der Waals surface area contributed by atoms with Gasteiger partial charge in [0, 0.05) is 24.3 Å². The second kappa shape index (κ2) is 7.59. The highest BCUT2D eigenvalue weighted by Crippen LogP contribution is 2.43. The maximum Gasteiger partial charge on any atom is 0.292 e. The van der Waals surface area contributed by atoms with Crippen LogP contribution < -0.4 is 10.6 Å². The number of methoxy groups -OCH3 is 1. The smallest absolute Gasteiger partial charge is 0.292 e. The number of aliphatic hydroxyl groups is 2. The molecule has 1 aromatic rings. The number of nitrogens with zero attached hydrogens (tertiary/aromatic N) is 1. The van der Waals surface area contributed by atoms with E-state index in [9.17, 15) is 15.0 Å². The van der Waals surface area contributed by atoms with Gasteiger partial charge in [0.15, 0.2) is 5.78 Å². The van der Waals surface area contributed by atoms with Crippen LogP contribution in [0.25, 0.3) is 6.08 Å². The first-order chi connectivity index (χ1) is 15.0. The standard InChI is InChI=1S/C24H23N3O4/c1-31-24-26-22(25-23(27-24)21-19(29)11-14(28)12-20(21)30)18-10-13-6-2-3-7-15(13)16-8-4-5-9-17(16)18/h2-11,16-17,20,22,25,29-30H,12H2,1H3,(H,26,27). The van der Waals surface area contributed by atoms with E-state index in [-0.39, 0.29) is 41.4 Å². The van der Waals surface area contributed by atoms with Crippen LogP contribution in [-0.2, 0) is 9.53 Å². The zero-order valence-corrected chi connectivity index (χ0v) is 16.9. The van der Waals surface area contributed by atoms with E-state index in [4.69, 9.17) is 4.74 Å². The fourth-order valence-electron chi connectivity index (χ4n) is 4.62. The molecule has 4 unspecified atom stereocenters. The Morgan fingerprint density at radius 3 is 2.68 bits per heavy atom. The summed E-state index contributed by atoms with van der Waals surface area (Å²) >= 11 is 0. The van der Waals surface area contributed by atoms with E-state index in [1.54, 1.807) is 0 Å². The number of rotatable bonds is 1. The van der Waals surface area contributed by atoms with Gasteiger partial charge in [-0.05, 0) is 16.7 Å². The molecule has 1 aliphatic heterocycles. The van der Waals surface area contributed by atoms with Crippen LogP contribution in [0.2, 0.25) is 0 Å². The third-order valence-electron chi connectivity index (χ3n) is 6.04. The molecule has 0 amide bonds. The molecule has 7 nitrogen and oxygen atoms in total. The van der Waals surface area contributed by atoms with Crippen LogP contribution in [0.15, 0.2) is 82.4 Å². The van der Waals surface area contributed by atoms with Crippen LogP contribution in [-0.4, -0.2) is 41.4 Å². The van der Waals surface area contributed by atoms with Crippen molar-refractivity contribution in [3.63, 3.8) is 0 Å². The average Bonchev–Trinajstić information content (AvgIpc) is 2.77. The lowest BCUT2D eigenvalue weighted by Gasteiger charge is -2.37. The van der Waals surface area contributed by atoms with Crippen LogP contribution in [0, 0.1) is 5.92 Å². The Hall–Kier alpha value is -3.58. The molecule has 0 bridgehead atoms. The maximum atomic E-state index is 11.7. The Kier molecular flexibility index (Phi) is 4.75. The van der Waals surface area contributed by atoms with Crippen molar-refractivity contribution in [2.24, 2.45) is 10.9 Å². The summed E-state index contributed by atoms with van der Waals surface area (Å²) in [4.78, 5) is 16.3. The minimum absolute atomic E-state index is 0.0926. The first-order valence-corrected chi connectivity index (χ1v) is 10.2. The van der Waals surface area contributed by atoms with Gasteiger partial charge in [0.2, 0.25) is 0 Å². The van der Waals surface area contributed by atoms with E-state index >= 15 is 0 Å². The number of amidine groups is 1. The highest BCUT2D eigenvalue weighted by molar-refractivity contribution is 5.93. The molecular weight excluding hydrogens is 394 g/mol. The van der Waals surface area contributed by atoms with Crippen LogP contribution >= 0.6 is 0 Å². The van der Waals surface area contributed by atoms with Gasteiger partial charge in [-0.2, -0.15) is 0 Å². The molecule has 4 N–H and O–H groups in total. The summed E-state index contributed by atoms with van der Waals surface area (Å²) in [6.45, 7) is 0. The molecule has 0 saturated carbocycles. The molecule has 4 aliphatic rings. The first kappa shape index (κ1) is 19.4. The molecular formula is C24H23N3O4. The van der Waals surface area contributed by atoms with Crippen molar-refractivity contribution in [1.82, 2.24) is 10.6 Å². The van der Waals surface area contributed by atoms with E-state index in [0.717, 1.165) is 17.2 Å². The number of hydrogen-bond donors (Lipinski definition) is 4. The zero-order chi connectivity index (χ0) is 21.5. The minimum atomic E-state index is -1.13. The van der Waals surface area contributed by atoms with Crippen molar-refractivity contribution < 1.29 is 19.7 Å². The number of ketones is 1. The van der Waals surface area contributed by atoms with Crippen molar-refractivity contribution in [1.29, 1.82) is 0 Å². The molecule has 0 aromatic heterocycles. The lowest BCUT2D eigenvalue weighted by Crippen LogP contribution is -2.48. The largest absolute Gasteiger partial charge is 0.507 e. The molecule has 5 rings (SSSR count). The van der Waals surface area contributed by atoms with Crippen LogP contribution in [0.5, 0.6) is 0 Å². The van der Waals surface area contributed by atoms with Gasteiger partial charge in [0.25, 0.3) is 6.02 Å². The molecule has 0 spiro atoms. The third-order valence-corrected chi connectivity index (χ3v) is 6.04. The monoisotopic (exact) mass is 417 g/mol. The number of benzene rings is 1. The number of hydrogen-bond acceptors (Lipinski definition) is 7. The quantitative estimate of drug-likeness (QED) is 0.560. The Morgan fingerprint density at radius 2 is 1.90 bits per heavy atom. The molecule has 0 saturated heterocycles. The summed E-state index contributed by atoms with van der Waals surface area (Å²) in [5.41, 5.74) is 3.67. The molecule has 1 heterocycles. The first-order valence-electron chi connectivity index (χ1n) is 10.2. The van der Waals surface area contributed by atoms with Crippen LogP contribution in [0.4, 0.5) is 0 Å². The van der Waals surface area contributed by atoms with Gasteiger partial charge in [-0.3, -0.25) is 10.1 Å². The topological polar surface area (TPSA) is 103 Å². The lowest BCUT2D eigenvalue weighted by molar-refractivity contribution is -0.116. The number of aliphatic imine (C=N–C) groups is 1. The van der Waals surface area contributed by atoms with Gasteiger partial charge < -0.3 is 20.3 Å². The molecule has 0 radical (unpaired) electrons. The normalized spacial score (nSPS) is 31.4. The van der Waals surface area contributed by atoms with E-state index in [2.05, 4.69) is 52.1 Å². The number of allylic oxidation sites excluding steroid dienone is 5. The maximum absolute atomic E-state index is 11.7. The Bertz CT molecular complexity index is 1130. The SMILES string of the molecule is COC1=NC(C2=Cc3ccccc3C3C=CC=CC23)NC(=C2C(O)=CC(=O)CC2O)N1. The van der Waals surface area contributed by atoms with Crippen LogP contribution in [0.3, 0.4) is 0 Å². The summed E-state index contributed by atoms with van der Waals surface area (Å²) in [5.74, 6) is 0.0799. The molecule has 0 fully saturated rings. The Labute approximate surface area is 179 Å². The lowest BCUT2D eigenvalue weighted by atomic mass is 9.72. The van der Waals surface area contributed by atoms with Gasteiger partial charge in [0.05, 0.1) is 18.8 Å². The minimum Gasteiger partial charge on any atom is -0.507 e. The summed E-state index contributed by atoms with van der Waals surface area (Å²) < 4.78 is 5.39. The summed E-state index contributed by atoms with van der Waals surface area (Å²) in [6.07, 6.45) is 10.0. The molecule has 4 atom stereocenters. The van der Waals surface area contributed by atoms with Crippen molar-refractivity contribution in [2.75, 3.05) is 7.11 Å². The van der Waals surface area contributed by atoms with Gasteiger partial charge in [-0.15, -0.1) is 0 Å². The average molecular weight is 417 g/mol. The fourth-order valence-corrected chi connectivity index (χ4v) is 4.62. The van der Waals surface area contributed by atoms with Crippen molar-refractivity contribution >= 4 is 17.9 Å². The van der Waals surface area contributed by atoms with E-state index in [1.165, 1.54) is 12.7 Å². The van der Waals surface area contributed by atoms with Crippen molar-refractivity contribution in [3.8, 4) is 0 Å². The fraction of sp³-hybridized carbons (Fsp3) is 0.250. The second-order valence-corrected chi connectivity index (χ2v) is 7.91. The zero-order valence-electron chi connectivity index (χ0n) is 16.9. The number of ether oxygens (including phenoxy) is 1. The predicted molar refractivity (Wildman–Crippen MR) is 117 cm³/mol. The summed E-state index contributed by atoms with van der Waals surface area (Å²) in [6, 6.07) is 8.56. The van der Waals surface area contributed by atoms with Crippen LogP contribution in [0.1, 0.15) is 23.5 Å². The molecule has 7 heteroatoms. The van der Waals surface area contributed by atoms with Crippen molar-refractivity contribution in [3.05, 3.63) is 88.5 Å². The van der Waals surface area contributed by atoms with Gasteiger partial charge in [-0.25, -0.2) is 4.99 Å². The number of carbonyl (C=O) groups excluding carboxylic acids is 1. The van der Waals surface area contributed by atoms with E-state index in [0.29, 0.717) is 5.82 Å². The molecule has 3 aliphatic carbocycles. The van der Waals surface area contributed by atoms with Gasteiger partial charge >= 0.3 is 0 Å². The van der Waals surface area contributed by atoms with E-state index < -0.39 is 12.3 Å². The predicted octanol–water partition coefficient (Wildman–Crippen LogP) is 2.42. The summed E-state index contributed by atoms with van der Waals surface area (Å²) in [5, 5.41) is 27.1. The highest BCUT2D eigenvalue weighted by atomic mass is 16.5. The van der Waals surface area contributed by atoms with Gasteiger partial charge in [0.1, 0.15) is 17.7 Å². The van der Waals surface area contributed by atoms with Crippen molar-refractivity contribution in [2.45, 2.75) is 24.6 Å². The number of aliphatic hydroxyl groups excluding tert-OH is 2. The molecule has 158 valence electrons. The van der Waals surface area contributed by atoms with E-state index in [1.807, 2.05) is 18.2 Å². The number of carbonyl (C=O) groups is 1.